The average Bonchev–Trinajstić information content (AvgIpc) is 2.85. The molecule has 1 aliphatic heterocycles. The normalized spacial score (nSPS) is 15.7. The van der Waals surface area contributed by atoms with Crippen molar-refractivity contribution in [2.24, 2.45) is 0 Å². The third-order valence-electron chi connectivity index (χ3n) is 5.10. The van der Waals surface area contributed by atoms with E-state index in [0.717, 1.165) is 67.3 Å². The predicted molar refractivity (Wildman–Crippen MR) is 105 cm³/mol. The summed E-state index contributed by atoms with van der Waals surface area (Å²) in [4.78, 5) is 17.9. The van der Waals surface area contributed by atoms with Gasteiger partial charge in [0.25, 0.3) is 5.69 Å². The van der Waals surface area contributed by atoms with Crippen molar-refractivity contribution < 1.29 is 4.92 Å². The summed E-state index contributed by atoms with van der Waals surface area (Å²) in [5, 5.41) is 14.4. The van der Waals surface area contributed by atoms with Crippen LogP contribution in [0.2, 0.25) is 0 Å². The van der Waals surface area contributed by atoms with E-state index in [1.54, 1.807) is 24.3 Å². The first-order chi connectivity index (χ1) is 13.1. The highest BCUT2D eigenvalue weighted by atomic mass is 16.6. The Labute approximate surface area is 157 Å². The molecule has 2 aromatic heterocycles. The van der Waals surface area contributed by atoms with E-state index in [2.05, 4.69) is 33.8 Å². The van der Waals surface area contributed by atoms with E-state index < -0.39 is 0 Å². The molecule has 0 radical (unpaired) electrons. The number of aromatic nitrogens is 2. The van der Waals surface area contributed by atoms with Crippen molar-refractivity contribution in [3.8, 4) is 11.3 Å². The number of nitro benzene ring substituents is 1. The first kappa shape index (κ1) is 17.6. The van der Waals surface area contributed by atoms with Crippen molar-refractivity contribution in [1.29, 1.82) is 0 Å². The SMILES string of the molecule is Cc1cccn2c(CN3CCCNCC3)c(-c3ccc([N+](=O)[O-])cc3)nc12. The number of aryl methyl sites for hydroxylation is 1. The molecule has 0 spiro atoms. The molecule has 0 amide bonds. The number of pyridine rings is 1. The summed E-state index contributed by atoms with van der Waals surface area (Å²) in [5.74, 6) is 0. The summed E-state index contributed by atoms with van der Waals surface area (Å²) in [7, 11) is 0. The molecule has 0 aliphatic carbocycles. The summed E-state index contributed by atoms with van der Waals surface area (Å²) < 4.78 is 2.16. The Balaban J connectivity index is 1.78. The van der Waals surface area contributed by atoms with Crippen LogP contribution in [0.15, 0.2) is 42.6 Å². The van der Waals surface area contributed by atoms with Gasteiger partial charge in [0, 0.05) is 43.5 Å². The lowest BCUT2D eigenvalue weighted by Gasteiger charge is -2.20. The van der Waals surface area contributed by atoms with Crippen molar-refractivity contribution in [2.75, 3.05) is 26.2 Å². The van der Waals surface area contributed by atoms with E-state index >= 15 is 0 Å². The first-order valence-electron chi connectivity index (χ1n) is 9.28. The lowest BCUT2D eigenvalue weighted by molar-refractivity contribution is -0.384. The van der Waals surface area contributed by atoms with Crippen LogP contribution in [0.1, 0.15) is 17.7 Å². The molecule has 3 heterocycles. The van der Waals surface area contributed by atoms with Crippen molar-refractivity contribution in [3.63, 3.8) is 0 Å². The molecule has 1 aliphatic rings. The van der Waals surface area contributed by atoms with Gasteiger partial charge in [0.2, 0.25) is 0 Å². The van der Waals surface area contributed by atoms with Crippen LogP contribution in [0.25, 0.3) is 16.9 Å². The van der Waals surface area contributed by atoms with Crippen LogP contribution >= 0.6 is 0 Å². The van der Waals surface area contributed by atoms with Gasteiger partial charge in [-0.1, -0.05) is 6.07 Å². The zero-order valence-electron chi connectivity index (χ0n) is 15.4. The number of hydrogen-bond acceptors (Lipinski definition) is 5. The second-order valence-corrected chi connectivity index (χ2v) is 6.98. The average molecular weight is 365 g/mol. The van der Waals surface area contributed by atoms with Crippen LogP contribution in [-0.4, -0.2) is 45.4 Å². The Morgan fingerprint density at radius 1 is 1.19 bits per heavy atom. The maximum absolute atomic E-state index is 11.0. The van der Waals surface area contributed by atoms with Crippen LogP contribution in [-0.2, 0) is 6.54 Å². The maximum atomic E-state index is 11.0. The maximum Gasteiger partial charge on any atom is 0.269 e. The summed E-state index contributed by atoms with van der Waals surface area (Å²) in [6.07, 6.45) is 3.18. The van der Waals surface area contributed by atoms with Crippen molar-refractivity contribution >= 4 is 11.3 Å². The number of imidazole rings is 1. The van der Waals surface area contributed by atoms with Crippen LogP contribution in [0, 0.1) is 17.0 Å². The minimum absolute atomic E-state index is 0.0961. The van der Waals surface area contributed by atoms with Crippen LogP contribution in [0.3, 0.4) is 0 Å². The molecule has 1 N–H and O–H groups in total. The fraction of sp³-hybridized carbons (Fsp3) is 0.350. The highest BCUT2D eigenvalue weighted by Crippen LogP contribution is 2.28. The second kappa shape index (κ2) is 7.46. The van der Waals surface area contributed by atoms with E-state index in [4.69, 9.17) is 4.98 Å². The fourth-order valence-corrected chi connectivity index (χ4v) is 3.65. The lowest BCUT2D eigenvalue weighted by atomic mass is 10.1. The molecular weight excluding hydrogens is 342 g/mol. The van der Waals surface area contributed by atoms with E-state index in [-0.39, 0.29) is 10.6 Å². The third kappa shape index (κ3) is 3.56. The Morgan fingerprint density at radius 2 is 2.00 bits per heavy atom. The molecule has 1 aromatic carbocycles. The number of non-ortho nitro benzene ring substituents is 1. The number of nitrogens with zero attached hydrogens (tertiary/aromatic N) is 4. The minimum atomic E-state index is -0.372. The number of hydrogen-bond donors (Lipinski definition) is 1. The quantitative estimate of drug-likeness (QED) is 0.568. The molecule has 140 valence electrons. The molecule has 1 fully saturated rings. The van der Waals surface area contributed by atoms with Gasteiger partial charge >= 0.3 is 0 Å². The lowest BCUT2D eigenvalue weighted by Crippen LogP contribution is -2.28. The topological polar surface area (TPSA) is 75.7 Å². The molecule has 0 unspecified atom stereocenters. The molecule has 1 saturated heterocycles. The molecule has 7 heteroatoms. The molecule has 0 atom stereocenters. The predicted octanol–water partition coefficient (Wildman–Crippen LogP) is 3.01. The number of nitrogens with one attached hydrogen (secondary N) is 1. The van der Waals surface area contributed by atoms with Gasteiger partial charge in [-0.3, -0.25) is 15.0 Å². The summed E-state index contributed by atoms with van der Waals surface area (Å²) in [5.41, 5.74) is 5.09. The van der Waals surface area contributed by atoms with Crippen LogP contribution < -0.4 is 5.32 Å². The van der Waals surface area contributed by atoms with Crippen LogP contribution in [0.4, 0.5) is 5.69 Å². The summed E-state index contributed by atoms with van der Waals surface area (Å²) >= 11 is 0. The zero-order chi connectivity index (χ0) is 18.8. The molecular formula is C20H23N5O2. The molecule has 0 bridgehead atoms. The minimum Gasteiger partial charge on any atom is -0.315 e. The van der Waals surface area contributed by atoms with E-state index in [1.807, 2.05) is 6.07 Å². The zero-order valence-corrected chi connectivity index (χ0v) is 15.4. The van der Waals surface area contributed by atoms with Gasteiger partial charge in [-0.15, -0.1) is 0 Å². The van der Waals surface area contributed by atoms with Gasteiger partial charge in [0.1, 0.15) is 5.65 Å². The highest BCUT2D eigenvalue weighted by Gasteiger charge is 2.19. The fourth-order valence-electron chi connectivity index (χ4n) is 3.65. The van der Waals surface area contributed by atoms with Crippen LogP contribution in [0.5, 0.6) is 0 Å². The standard InChI is InChI=1S/C20H23N5O2/c1-15-4-2-12-24-18(14-23-11-3-9-21-10-13-23)19(22-20(15)24)16-5-7-17(8-6-16)25(26)27/h2,4-8,12,21H,3,9-11,13-14H2,1H3. The molecule has 7 nitrogen and oxygen atoms in total. The monoisotopic (exact) mass is 365 g/mol. The molecule has 27 heavy (non-hydrogen) atoms. The number of nitro groups is 1. The molecule has 3 aromatic rings. The number of fused-ring (bicyclic) bond motifs is 1. The van der Waals surface area contributed by atoms with Gasteiger partial charge < -0.3 is 9.72 Å². The van der Waals surface area contributed by atoms with Gasteiger partial charge in [0.05, 0.1) is 16.3 Å². The number of benzene rings is 1. The highest BCUT2D eigenvalue weighted by molar-refractivity contribution is 5.68. The largest absolute Gasteiger partial charge is 0.315 e. The molecule has 0 saturated carbocycles. The van der Waals surface area contributed by atoms with Crippen molar-refractivity contribution in [2.45, 2.75) is 19.9 Å². The Hall–Kier alpha value is -2.77. The third-order valence-corrected chi connectivity index (χ3v) is 5.10. The van der Waals surface area contributed by atoms with E-state index in [9.17, 15) is 10.1 Å². The summed E-state index contributed by atoms with van der Waals surface area (Å²) in [6, 6.07) is 10.8. The van der Waals surface area contributed by atoms with Crippen molar-refractivity contribution in [3.05, 3.63) is 64.0 Å². The van der Waals surface area contributed by atoms with Gasteiger partial charge in [0.15, 0.2) is 0 Å². The Kier molecular flexibility index (Phi) is 4.87. The van der Waals surface area contributed by atoms with Gasteiger partial charge in [-0.25, -0.2) is 4.98 Å². The van der Waals surface area contributed by atoms with Gasteiger partial charge in [-0.2, -0.15) is 0 Å². The Morgan fingerprint density at radius 3 is 2.78 bits per heavy atom. The van der Waals surface area contributed by atoms with E-state index in [1.165, 1.54) is 0 Å². The van der Waals surface area contributed by atoms with Crippen molar-refractivity contribution in [1.82, 2.24) is 19.6 Å². The first-order valence-corrected chi connectivity index (χ1v) is 9.28. The van der Waals surface area contributed by atoms with E-state index in [0.29, 0.717) is 0 Å². The van der Waals surface area contributed by atoms with Gasteiger partial charge in [-0.05, 0) is 50.2 Å². The second-order valence-electron chi connectivity index (χ2n) is 6.98. The summed E-state index contributed by atoms with van der Waals surface area (Å²) in [6.45, 7) is 6.95. The smallest absolute Gasteiger partial charge is 0.269 e. The number of rotatable bonds is 4. The molecule has 4 rings (SSSR count). The Bertz CT molecular complexity index is 956.